The number of benzene rings is 1. The zero-order valence-electron chi connectivity index (χ0n) is 33.0. The quantitative estimate of drug-likeness (QED) is 0.192. The zero-order valence-corrected chi connectivity index (χ0v) is 33.8. The topological polar surface area (TPSA) is 156 Å². The zero-order chi connectivity index (χ0) is 39.9. The van der Waals surface area contributed by atoms with Crippen LogP contribution >= 0.6 is 0 Å². The van der Waals surface area contributed by atoms with Crippen LogP contribution in [0.5, 0.6) is 0 Å². The number of carbonyl (C=O) groups is 2. The highest BCUT2D eigenvalue weighted by molar-refractivity contribution is 7.90. The highest BCUT2D eigenvalue weighted by Crippen LogP contribution is 2.39. The number of amides is 2. The molecule has 2 amide bonds. The van der Waals surface area contributed by atoms with Crippen molar-refractivity contribution in [1.82, 2.24) is 47.5 Å². The van der Waals surface area contributed by atoms with Gasteiger partial charge in [-0.1, -0.05) is 31.5 Å². The van der Waals surface area contributed by atoms with Gasteiger partial charge in [0.1, 0.15) is 0 Å². The van der Waals surface area contributed by atoms with Gasteiger partial charge >= 0.3 is 0 Å². The molecule has 4 aliphatic rings. The molecular weight excluding hydrogens is 753 g/mol. The SMILES string of the molecule is C[C@@H]1CN(C(=O)CC2CC2)C[C@@H]1c1cnc2cnc3[nH]ccc3n12.Cc1ccc(S(=O)(=O)n2ccc3c2ncc2ncc([C@H]4CN(C(=O)CC5CC5)C[C@H]4C)n23)cc1. The lowest BCUT2D eigenvalue weighted by atomic mass is 9.95. The number of H-pyrrole nitrogens is 1. The number of nitrogens with zero attached hydrogens (tertiary/aromatic N) is 9. The molecule has 2 saturated heterocycles. The van der Waals surface area contributed by atoms with E-state index in [-0.39, 0.29) is 22.6 Å². The number of aryl methyl sites for hydroxylation is 1. The summed E-state index contributed by atoms with van der Waals surface area (Å²) in [5.74, 6) is 2.96. The molecule has 2 saturated carbocycles. The van der Waals surface area contributed by atoms with Crippen LogP contribution in [0.4, 0.5) is 0 Å². The Morgan fingerprint density at radius 2 is 1.24 bits per heavy atom. The Hall–Kier alpha value is -5.57. The molecular formula is C43H48N10O4S. The molecule has 0 spiro atoms. The molecule has 4 atom stereocenters. The average molecular weight is 801 g/mol. The maximum atomic E-state index is 13.4. The van der Waals surface area contributed by atoms with Crippen LogP contribution < -0.4 is 0 Å². The molecule has 58 heavy (non-hydrogen) atoms. The smallest absolute Gasteiger partial charge is 0.269 e. The van der Waals surface area contributed by atoms with Gasteiger partial charge in [0.25, 0.3) is 10.0 Å². The van der Waals surface area contributed by atoms with Gasteiger partial charge in [0, 0.05) is 87.0 Å². The van der Waals surface area contributed by atoms with Crippen LogP contribution in [0.3, 0.4) is 0 Å². The molecule has 8 heterocycles. The van der Waals surface area contributed by atoms with Crippen LogP contribution in [-0.4, -0.2) is 93.9 Å². The van der Waals surface area contributed by atoms with Gasteiger partial charge in [0.05, 0.1) is 28.3 Å². The molecule has 1 N–H and O–H groups in total. The summed E-state index contributed by atoms with van der Waals surface area (Å²) in [5.41, 5.74) is 7.68. The lowest BCUT2D eigenvalue weighted by Crippen LogP contribution is -2.29. The fraction of sp³-hybridized carbons (Fsp3) is 0.442. The van der Waals surface area contributed by atoms with Gasteiger partial charge in [-0.2, -0.15) is 0 Å². The molecule has 2 aliphatic carbocycles. The molecule has 0 bridgehead atoms. The summed E-state index contributed by atoms with van der Waals surface area (Å²) in [4.78, 5) is 50.6. The predicted molar refractivity (Wildman–Crippen MR) is 219 cm³/mol. The van der Waals surface area contributed by atoms with E-state index in [1.165, 1.54) is 35.3 Å². The lowest BCUT2D eigenvalue weighted by Gasteiger charge is -2.16. The molecule has 0 radical (unpaired) electrons. The van der Waals surface area contributed by atoms with Crippen LogP contribution in [0.25, 0.3) is 33.6 Å². The first-order valence-electron chi connectivity index (χ1n) is 20.5. The third kappa shape index (κ3) is 6.52. The van der Waals surface area contributed by atoms with Crippen molar-refractivity contribution in [2.24, 2.45) is 23.7 Å². The minimum absolute atomic E-state index is 0.126. The van der Waals surface area contributed by atoms with E-state index >= 15 is 0 Å². The molecule has 300 valence electrons. The third-order valence-electron chi connectivity index (χ3n) is 12.8. The summed E-state index contributed by atoms with van der Waals surface area (Å²) in [6.07, 6.45) is 16.9. The van der Waals surface area contributed by atoms with Gasteiger partial charge in [-0.05, 0) is 80.5 Å². The monoisotopic (exact) mass is 800 g/mol. The van der Waals surface area contributed by atoms with Crippen molar-refractivity contribution < 1.29 is 18.0 Å². The van der Waals surface area contributed by atoms with Crippen molar-refractivity contribution in [2.75, 3.05) is 26.2 Å². The second-order valence-corrected chi connectivity index (χ2v) is 19.0. The van der Waals surface area contributed by atoms with E-state index in [1.807, 2.05) is 40.9 Å². The Kier molecular flexibility index (Phi) is 8.91. The van der Waals surface area contributed by atoms with Gasteiger partial charge in [0.15, 0.2) is 22.6 Å². The van der Waals surface area contributed by atoms with Crippen molar-refractivity contribution >= 4 is 55.5 Å². The van der Waals surface area contributed by atoms with Crippen molar-refractivity contribution in [3.05, 3.63) is 90.5 Å². The van der Waals surface area contributed by atoms with E-state index < -0.39 is 10.0 Å². The summed E-state index contributed by atoms with van der Waals surface area (Å²) in [6, 6.07) is 10.6. The van der Waals surface area contributed by atoms with Gasteiger partial charge < -0.3 is 14.8 Å². The number of aromatic amines is 1. The molecule has 14 nitrogen and oxygen atoms in total. The normalized spacial score (nSPS) is 22.4. The van der Waals surface area contributed by atoms with Crippen molar-refractivity contribution in [1.29, 1.82) is 0 Å². The Labute approximate surface area is 336 Å². The molecule has 6 aromatic heterocycles. The van der Waals surface area contributed by atoms with E-state index in [4.69, 9.17) is 0 Å². The van der Waals surface area contributed by atoms with Gasteiger partial charge in [0.2, 0.25) is 11.8 Å². The molecule has 7 aromatic rings. The number of carbonyl (C=O) groups excluding carboxylic acids is 2. The maximum absolute atomic E-state index is 13.4. The largest absolute Gasteiger partial charge is 0.345 e. The number of fused-ring (bicyclic) bond motifs is 6. The third-order valence-corrected chi connectivity index (χ3v) is 14.5. The van der Waals surface area contributed by atoms with Gasteiger partial charge in [-0.3, -0.25) is 18.4 Å². The van der Waals surface area contributed by atoms with E-state index in [2.05, 4.69) is 48.1 Å². The average Bonchev–Trinajstić information content (AvgIpc) is 3.71. The standard InChI is InChI=1S/C25H27N5O3S.C18H21N5O/c1-16-3-7-19(8-4-16)34(32,33)29-10-9-21-25(29)27-13-23-26-12-22(30(21)23)20-15-28(14-17(20)2)24(31)11-18-5-6-18;1-11-9-22(17(24)6-12-2-3-12)10-13(11)15-7-20-16-8-21-18-14(23(15)16)4-5-19-18/h3-4,7-10,12-13,17-18,20H,5-6,11,14-15H2,1-2H3;4-5,7-8,11-13,19H,2-3,6,9-10H2,1H3/t17-,20+;11-,13+/m11/s1. The lowest BCUT2D eigenvalue weighted by molar-refractivity contribution is -0.131. The second-order valence-electron chi connectivity index (χ2n) is 17.2. The number of imidazole rings is 2. The van der Waals surface area contributed by atoms with E-state index in [0.29, 0.717) is 59.4 Å². The fourth-order valence-corrected chi connectivity index (χ4v) is 10.4. The van der Waals surface area contributed by atoms with Crippen LogP contribution in [0.1, 0.15) is 81.2 Å². The summed E-state index contributed by atoms with van der Waals surface area (Å²) in [5, 5.41) is 0. The van der Waals surface area contributed by atoms with E-state index in [0.717, 1.165) is 54.1 Å². The Morgan fingerprint density at radius 1 is 0.690 bits per heavy atom. The minimum Gasteiger partial charge on any atom is -0.345 e. The molecule has 1 aromatic carbocycles. The molecule has 0 unspecified atom stereocenters. The number of nitrogens with one attached hydrogen (secondary N) is 1. The molecule has 4 fully saturated rings. The highest BCUT2D eigenvalue weighted by atomic mass is 32.2. The number of rotatable bonds is 8. The van der Waals surface area contributed by atoms with E-state index in [9.17, 15) is 18.0 Å². The first-order chi connectivity index (χ1) is 28.0. The predicted octanol–water partition coefficient (Wildman–Crippen LogP) is 6.16. The first-order valence-corrected chi connectivity index (χ1v) is 22.0. The van der Waals surface area contributed by atoms with Gasteiger partial charge in [-0.15, -0.1) is 0 Å². The molecule has 2 aliphatic heterocycles. The van der Waals surface area contributed by atoms with Crippen LogP contribution in [0.15, 0.2) is 78.5 Å². The summed E-state index contributed by atoms with van der Waals surface area (Å²) in [6.45, 7) is 9.38. The van der Waals surface area contributed by atoms with Crippen molar-refractivity contribution in [3.63, 3.8) is 0 Å². The fourth-order valence-electron chi connectivity index (χ4n) is 9.09. The summed E-state index contributed by atoms with van der Waals surface area (Å²) in [7, 11) is -3.79. The first kappa shape index (κ1) is 36.7. The summed E-state index contributed by atoms with van der Waals surface area (Å²) >= 11 is 0. The van der Waals surface area contributed by atoms with Crippen LogP contribution in [0.2, 0.25) is 0 Å². The minimum atomic E-state index is -3.79. The number of hydrogen-bond acceptors (Lipinski definition) is 8. The van der Waals surface area contributed by atoms with Crippen molar-refractivity contribution in [2.45, 2.75) is 76.0 Å². The van der Waals surface area contributed by atoms with Gasteiger partial charge in [-0.25, -0.2) is 32.3 Å². The van der Waals surface area contributed by atoms with E-state index in [1.54, 1.807) is 48.9 Å². The number of aromatic nitrogens is 8. The number of likely N-dealkylation sites (tertiary alicyclic amines) is 2. The van der Waals surface area contributed by atoms with Crippen LogP contribution in [0, 0.1) is 30.6 Å². The Bertz CT molecular complexity index is 2810. The number of hydrogen-bond donors (Lipinski definition) is 1. The second kappa shape index (κ2) is 14.1. The van der Waals surface area contributed by atoms with Crippen molar-refractivity contribution in [3.8, 4) is 0 Å². The van der Waals surface area contributed by atoms with Crippen LogP contribution in [-0.2, 0) is 19.6 Å². The molecule has 11 rings (SSSR count). The molecule has 15 heteroatoms. The Balaban J connectivity index is 0.000000149. The Morgan fingerprint density at radius 3 is 1.81 bits per heavy atom. The maximum Gasteiger partial charge on any atom is 0.269 e. The highest BCUT2D eigenvalue weighted by Gasteiger charge is 2.39. The summed E-state index contributed by atoms with van der Waals surface area (Å²) < 4.78 is 32.1.